The van der Waals surface area contributed by atoms with Gasteiger partial charge in [0.15, 0.2) is 0 Å². The molecule has 1 N–H and O–H groups in total. The Hall–Kier alpha value is -3.84. The van der Waals surface area contributed by atoms with Crippen LogP contribution in [-0.2, 0) is 11.3 Å². The van der Waals surface area contributed by atoms with Crippen molar-refractivity contribution in [3.8, 4) is 17.6 Å². The molecule has 1 fully saturated rings. The van der Waals surface area contributed by atoms with Gasteiger partial charge < -0.3 is 18.9 Å². The highest BCUT2D eigenvalue weighted by Gasteiger charge is 2.18. The highest BCUT2D eigenvalue weighted by atomic mass is 32.1. The molecule has 0 aliphatic carbocycles. The monoisotopic (exact) mass is 478 g/mol. The van der Waals surface area contributed by atoms with E-state index < -0.39 is 5.91 Å². The second-order valence-electron chi connectivity index (χ2n) is 7.72. The number of amides is 1. The molecule has 3 heterocycles. The van der Waals surface area contributed by atoms with Crippen LogP contribution in [0.5, 0.6) is 11.5 Å². The molecule has 0 spiro atoms. The second-order valence-corrected chi connectivity index (χ2v) is 8.67. The summed E-state index contributed by atoms with van der Waals surface area (Å²) in [5, 5.41) is 21.7. The Morgan fingerprint density at radius 2 is 2.03 bits per heavy atom. The summed E-state index contributed by atoms with van der Waals surface area (Å²) >= 11 is 1.32. The molecule has 1 aliphatic heterocycles. The molecule has 1 saturated heterocycles. The number of carbonyl (C=O) groups is 1. The Balaban J connectivity index is 1.37. The average molecular weight is 479 g/mol. The molecule has 0 saturated carbocycles. The molecule has 0 radical (unpaired) electrons. The molecule has 9 nitrogen and oxygen atoms in total. The van der Waals surface area contributed by atoms with Gasteiger partial charge >= 0.3 is 0 Å². The lowest BCUT2D eigenvalue weighted by atomic mass is 10.1. The lowest BCUT2D eigenvalue weighted by Crippen LogP contribution is -2.29. The van der Waals surface area contributed by atoms with Crippen LogP contribution in [0.2, 0.25) is 0 Å². The fraction of sp³-hybridized carbons (Fsp3) is 0.333. The van der Waals surface area contributed by atoms with Crippen molar-refractivity contribution < 1.29 is 14.3 Å². The number of aromatic nitrogens is 3. The van der Waals surface area contributed by atoms with E-state index in [0.717, 1.165) is 42.5 Å². The number of ether oxygens (including phenoxy) is 2. The lowest BCUT2D eigenvalue weighted by molar-refractivity contribution is -0.112. The zero-order valence-electron chi connectivity index (χ0n) is 18.9. The van der Waals surface area contributed by atoms with Gasteiger partial charge in [0.25, 0.3) is 5.91 Å². The average Bonchev–Trinajstić information content (AvgIpc) is 3.52. The summed E-state index contributed by atoms with van der Waals surface area (Å²) in [6, 6.07) is 13.1. The maximum atomic E-state index is 12.7. The number of hydrogen-bond donors (Lipinski definition) is 1. The molecule has 1 aromatic carbocycles. The lowest BCUT2D eigenvalue weighted by Gasteiger charge is -2.25. The summed E-state index contributed by atoms with van der Waals surface area (Å²) in [7, 11) is 1.61. The molecule has 4 rings (SSSR count). The van der Waals surface area contributed by atoms with Crippen LogP contribution in [0.15, 0.2) is 48.2 Å². The molecule has 2 aromatic heterocycles. The minimum Gasteiger partial charge on any atom is -0.497 e. The van der Waals surface area contributed by atoms with Gasteiger partial charge in [-0.25, -0.2) is 0 Å². The Labute approximate surface area is 202 Å². The predicted octanol–water partition coefficient (Wildman–Crippen LogP) is 3.96. The van der Waals surface area contributed by atoms with Crippen molar-refractivity contribution in [3.05, 3.63) is 53.9 Å². The van der Waals surface area contributed by atoms with E-state index in [1.807, 2.05) is 53.2 Å². The molecule has 0 unspecified atom stereocenters. The fourth-order valence-electron chi connectivity index (χ4n) is 3.65. The van der Waals surface area contributed by atoms with E-state index in [-0.39, 0.29) is 5.57 Å². The van der Waals surface area contributed by atoms with Crippen LogP contribution < -0.4 is 19.7 Å². The number of nitriles is 1. The van der Waals surface area contributed by atoms with Gasteiger partial charge in [-0.3, -0.25) is 10.1 Å². The molecular weight excluding hydrogens is 452 g/mol. The normalized spacial score (nSPS) is 13.9. The van der Waals surface area contributed by atoms with E-state index in [1.54, 1.807) is 13.2 Å². The number of nitrogens with one attached hydrogen (secondary N) is 1. The predicted molar refractivity (Wildman–Crippen MR) is 131 cm³/mol. The van der Waals surface area contributed by atoms with Gasteiger partial charge in [-0.1, -0.05) is 17.4 Å². The van der Waals surface area contributed by atoms with Crippen molar-refractivity contribution in [1.82, 2.24) is 14.8 Å². The SMILES string of the molecule is COc1cccc(OCCn2cccc2/C=C(/C#N)C(=O)Nc2nnc(N3CCCCC3)s2)c1. The maximum Gasteiger partial charge on any atom is 0.268 e. The summed E-state index contributed by atoms with van der Waals surface area (Å²) < 4.78 is 12.9. The Kier molecular flexibility index (Phi) is 7.78. The highest BCUT2D eigenvalue weighted by Crippen LogP contribution is 2.27. The number of rotatable bonds is 9. The summed E-state index contributed by atoms with van der Waals surface area (Å²) in [5.41, 5.74) is 0.718. The van der Waals surface area contributed by atoms with E-state index in [1.165, 1.54) is 17.8 Å². The molecular formula is C24H26N6O3S. The minimum absolute atomic E-state index is 0.0108. The van der Waals surface area contributed by atoms with Crippen LogP contribution in [0.1, 0.15) is 25.0 Å². The summed E-state index contributed by atoms with van der Waals surface area (Å²) in [5.74, 6) is 0.927. The van der Waals surface area contributed by atoms with Gasteiger partial charge in [0, 0.05) is 31.0 Å². The first kappa shape index (κ1) is 23.3. The fourth-order valence-corrected chi connectivity index (χ4v) is 4.45. The van der Waals surface area contributed by atoms with Crippen molar-refractivity contribution in [1.29, 1.82) is 5.26 Å². The first-order chi connectivity index (χ1) is 16.7. The molecule has 176 valence electrons. The van der Waals surface area contributed by atoms with E-state index in [0.29, 0.717) is 24.0 Å². The van der Waals surface area contributed by atoms with Crippen LogP contribution in [0.25, 0.3) is 6.08 Å². The van der Waals surface area contributed by atoms with Gasteiger partial charge in [0.05, 0.1) is 13.7 Å². The maximum absolute atomic E-state index is 12.7. The third kappa shape index (κ3) is 5.94. The number of methoxy groups -OCH3 is 1. The largest absolute Gasteiger partial charge is 0.497 e. The second kappa shape index (κ2) is 11.3. The van der Waals surface area contributed by atoms with E-state index in [2.05, 4.69) is 20.4 Å². The Bertz CT molecular complexity index is 1190. The van der Waals surface area contributed by atoms with Gasteiger partial charge in [0.2, 0.25) is 10.3 Å². The molecule has 0 atom stereocenters. The van der Waals surface area contributed by atoms with E-state index in [9.17, 15) is 10.1 Å². The third-order valence-electron chi connectivity index (χ3n) is 5.43. The summed E-state index contributed by atoms with van der Waals surface area (Å²) in [4.78, 5) is 14.9. The van der Waals surface area contributed by atoms with E-state index in [4.69, 9.17) is 9.47 Å². The standard InChI is InChI=1S/C24H26N6O3S/c1-32-20-8-5-9-21(16-20)33-14-13-29-12-6-7-19(29)15-18(17-25)22(31)26-23-27-28-24(34-23)30-10-3-2-4-11-30/h5-9,12,15-16H,2-4,10-11,13-14H2,1H3,(H,26,27,31)/b18-15-. The highest BCUT2D eigenvalue weighted by molar-refractivity contribution is 7.19. The van der Waals surface area contributed by atoms with Crippen LogP contribution in [0, 0.1) is 11.3 Å². The van der Waals surface area contributed by atoms with Crippen molar-refractivity contribution in [2.45, 2.75) is 25.8 Å². The van der Waals surface area contributed by atoms with Gasteiger partial charge in [-0.2, -0.15) is 5.26 Å². The summed E-state index contributed by atoms with van der Waals surface area (Å²) in [6.07, 6.45) is 6.93. The molecule has 1 aliphatic rings. The first-order valence-corrected chi connectivity index (χ1v) is 11.9. The minimum atomic E-state index is -0.510. The van der Waals surface area contributed by atoms with Gasteiger partial charge in [-0.15, -0.1) is 10.2 Å². The smallest absolute Gasteiger partial charge is 0.268 e. The zero-order valence-corrected chi connectivity index (χ0v) is 19.8. The number of piperidine rings is 1. The zero-order chi connectivity index (χ0) is 23.8. The van der Waals surface area contributed by atoms with Crippen molar-refractivity contribution in [3.63, 3.8) is 0 Å². The van der Waals surface area contributed by atoms with E-state index >= 15 is 0 Å². The number of carbonyl (C=O) groups excluding carboxylic acids is 1. The van der Waals surface area contributed by atoms with Gasteiger partial charge in [-0.05, 0) is 49.6 Å². The number of anilines is 2. The molecule has 3 aromatic rings. The molecule has 10 heteroatoms. The quantitative estimate of drug-likeness (QED) is 0.366. The van der Waals surface area contributed by atoms with Gasteiger partial charge in [0.1, 0.15) is 29.7 Å². The number of hydrogen-bond acceptors (Lipinski definition) is 8. The van der Waals surface area contributed by atoms with Crippen LogP contribution in [0.3, 0.4) is 0 Å². The van der Waals surface area contributed by atoms with Crippen LogP contribution in [-0.4, -0.2) is 47.5 Å². The number of benzene rings is 1. The number of nitrogens with zero attached hydrogens (tertiary/aromatic N) is 5. The van der Waals surface area contributed by atoms with Crippen molar-refractivity contribution >= 4 is 33.6 Å². The molecule has 34 heavy (non-hydrogen) atoms. The first-order valence-electron chi connectivity index (χ1n) is 11.1. The summed E-state index contributed by atoms with van der Waals surface area (Å²) in [6.45, 7) is 2.86. The Morgan fingerprint density at radius 1 is 1.21 bits per heavy atom. The van der Waals surface area contributed by atoms with Crippen LogP contribution in [0.4, 0.5) is 10.3 Å². The van der Waals surface area contributed by atoms with Crippen LogP contribution >= 0.6 is 11.3 Å². The third-order valence-corrected chi connectivity index (χ3v) is 6.32. The molecule has 0 bridgehead atoms. The topological polar surface area (TPSA) is 105 Å². The molecule has 1 amide bonds. The van der Waals surface area contributed by atoms with Crippen molar-refractivity contribution in [2.75, 3.05) is 37.0 Å². The van der Waals surface area contributed by atoms with Crippen molar-refractivity contribution in [2.24, 2.45) is 0 Å². The Morgan fingerprint density at radius 3 is 2.82 bits per heavy atom.